The summed E-state index contributed by atoms with van der Waals surface area (Å²) in [5.41, 5.74) is 1.16. The highest BCUT2D eigenvalue weighted by molar-refractivity contribution is 5.59. The predicted molar refractivity (Wildman–Crippen MR) is 59.8 cm³/mol. The third-order valence-corrected chi connectivity index (χ3v) is 3.40. The number of hydrogen-bond acceptors (Lipinski definition) is 3. The first-order valence-electron chi connectivity index (χ1n) is 5.81. The van der Waals surface area contributed by atoms with Gasteiger partial charge < -0.3 is 9.64 Å². The number of fused-ring (bicyclic) bond motifs is 3. The molecule has 0 aromatic carbocycles. The van der Waals surface area contributed by atoms with Crippen molar-refractivity contribution in [2.24, 2.45) is 0 Å². The molecule has 1 fully saturated rings. The molecule has 3 rings (SSSR count). The standard InChI is InChI=1S/C12H15FN2O/c1-2-8-3-4-14-12-11(8)16-7-10-5-9(13)6-15(10)12/h3-4,9-10H,2,5-7H2,1H3/t9-,10-/m0/s1. The number of nitrogens with zero attached hydrogens (tertiary/aromatic N) is 2. The Bertz CT molecular complexity index is 410. The molecule has 2 atom stereocenters. The fourth-order valence-electron chi connectivity index (χ4n) is 2.57. The number of alkyl halides is 1. The number of anilines is 1. The summed E-state index contributed by atoms with van der Waals surface area (Å²) >= 11 is 0. The van der Waals surface area contributed by atoms with Crippen molar-refractivity contribution in [2.45, 2.75) is 32.0 Å². The molecule has 0 saturated carbocycles. The minimum Gasteiger partial charge on any atom is -0.487 e. The van der Waals surface area contributed by atoms with E-state index in [1.165, 1.54) is 0 Å². The number of ether oxygens (including phenoxy) is 1. The highest BCUT2D eigenvalue weighted by Crippen LogP contribution is 2.39. The van der Waals surface area contributed by atoms with E-state index >= 15 is 0 Å². The van der Waals surface area contributed by atoms with E-state index in [4.69, 9.17) is 4.74 Å². The molecule has 0 bridgehead atoms. The highest BCUT2D eigenvalue weighted by Gasteiger charge is 2.38. The van der Waals surface area contributed by atoms with Gasteiger partial charge in [-0.2, -0.15) is 0 Å². The Balaban J connectivity index is 2.03. The summed E-state index contributed by atoms with van der Waals surface area (Å²) in [4.78, 5) is 6.40. The van der Waals surface area contributed by atoms with Crippen LogP contribution < -0.4 is 9.64 Å². The van der Waals surface area contributed by atoms with Crippen molar-refractivity contribution in [3.8, 4) is 5.75 Å². The van der Waals surface area contributed by atoms with Crippen LogP contribution in [0.4, 0.5) is 10.2 Å². The molecule has 0 N–H and O–H groups in total. The minimum absolute atomic E-state index is 0.169. The topological polar surface area (TPSA) is 25.4 Å². The Morgan fingerprint density at radius 2 is 2.50 bits per heavy atom. The first-order valence-corrected chi connectivity index (χ1v) is 5.81. The molecule has 0 aliphatic carbocycles. The van der Waals surface area contributed by atoms with Crippen LogP contribution in [0.15, 0.2) is 12.3 Å². The highest BCUT2D eigenvalue weighted by atomic mass is 19.1. The van der Waals surface area contributed by atoms with E-state index in [2.05, 4.69) is 16.8 Å². The van der Waals surface area contributed by atoms with Crippen LogP contribution in [-0.2, 0) is 6.42 Å². The van der Waals surface area contributed by atoms with Crippen molar-refractivity contribution >= 4 is 5.82 Å². The fraction of sp³-hybridized carbons (Fsp3) is 0.583. The molecule has 0 radical (unpaired) electrons. The molecule has 1 aromatic rings. The summed E-state index contributed by atoms with van der Waals surface area (Å²) < 4.78 is 19.1. The van der Waals surface area contributed by atoms with E-state index in [-0.39, 0.29) is 6.04 Å². The first kappa shape index (κ1) is 9.87. The number of hydrogen-bond donors (Lipinski definition) is 0. The fourth-order valence-corrected chi connectivity index (χ4v) is 2.57. The average molecular weight is 222 g/mol. The maximum Gasteiger partial charge on any atom is 0.172 e. The zero-order valence-corrected chi connectivity index (χ0v) is 9.32. The van der Waals surface area contributed by atoms with Gasteiger partial charge in [0.1, 0.15) is 12.8 Å². The van der Waals surface area contributed by atoms with E-state index in [0.29, 0.717) is 19.6 Å². The molecule has 4 heteroatoms. The van der Waals surface area contributed by atoms with Crippen LogP contribution in [0.5, 0.6) is 5.75 Å². The smallest absolute Gasteiger partial charge is 0.172 e. The van der Waals surface area contributed by atoms with Crippen LogP contribution in [0, 0.1) is 0 Å². The maximum absolute atomic E-state index is 13.4. The van der Waals surface area contributed by atoms with Crippen molar-refractivity contribution < 1.29 is 9.13 Å². The van der Waals surface area contributed by atoms with Gasteiger partial charge >= 0.3 is 0 Å². The van der Waals surface area contributed by atoms with Gasteiger partial charge in [0.05, 0.1) is 12.6 Å². The van der Waals surface area contributed by atoms with E-state index in [1.807, 2.05) is 6.07 Å². The normalized spacial score (nSPS) is 27.2. The summed E-state index contributed by atoms with van der Waals surface area (Å²) in [6, 6.07) is 2.14. The summed E-state index contributed by atoms with van der Waals surface area (Å²) in [6.07, 6.45) is 2.53. The number of rotatable bonds is 1. The molecule has 2 aliphatic rings. The van der Waals surface area contributed by atoms with Gasteiger partial charge in [-0.3, -0.25) is 0 Å². The SMILES string of the molecule is CCc1ccnc2c1OC[C@@H]1C[C@H](F)CN21. The number of aromatic nitrogens is 1. The molecular formula is C12H15FN2O. The number of halogens is 1. The van der Waals surface area contributed by atoms with Gasteiger partial charge in [-0.1, -0.05) is 6.92 Å². The van der Waals surface area contributed by atoms with Gasteiger partial charge in [-0.25, -0.2) is 9.37 Å². The second-order valence-corrected chi connectivity index (χ2v) is 4.43. The quantitative estimate of drug-likeness (QED) is 0.726. The summed E-state index contributed by atoms with van der Waals surface area (Å²) in [5.74, 6) is 1.69. The minimum atomic E-state index is -0.744. The van der Waals surface area contributed by atoms with E-state index in [9.17, 15) is 4.39 Å². The van der Waals surface area contributed by atoms with Gasteiger partial charge in [-0.15, -0.1) is 0 Å². The van der Waals surface area contributed by atoms with Crippen LogP contribution in [-0.4, -0.2) is 30.3 Å². The van der Waals surface area contributed by atoms with Crippen molar-refractivity contribution in [3.63, 3.8) is 0 Å². The van der Waals surface area contributed by atoms with E-state index < -0.39 is 6.17 Å². The second kappa shape index (κ2) is 3.61. The molecule has 3 nitrogen and oxygen atoms in total. The second-order valence-electron chi connectivity index (χ2n) is 4.43. The predicted octanol–water partition coefficient (Wildman–Crippen LogP) is 1.95. The molecule has 2 aliphatic heterocycles. The van der Waals surface area contributed by atoms with Crippen molar-refractivity contribution in [3.05, 3.63) is 17.8 Å². The summed E-state index contributed by atoms with van der Waals surface area (Å²) in [6.45, 7) is 3.14. The lowest BCUT2D eigenvalue weighted by Crippen LogP contribution is -2.39. The molecule has 0 amide bonds. The summed E-state index contributed by atoms with van der Waals surface area (Å²) in [5, 5.41) is 0. The van der Waals surface area contributed by atoms with Crippen LogP contribution in [0.3, 0.4) is 0 Å². The van der Waals surface area contributed by atoms with Gasteiger partial charge in [0.15, 0.2) is 11.6 Å². The molecule has 0 spiro atoms. The Morgan fingerprint density at radius 3 is 3.31 bits per heavy atom. The molecule has 1 aromatic heterocycles. The zero-order valence-electron chi connectivity index (χ0n) is 9.32. The lowest BCUT2D eigenvalue weighted by atomic mass is 10.1. The Labute approximate surface area is 94.2 Å². The molecular weight excluding hydrogens is 207 g/mol. The zero-order chi connectivity index (χ0) is 11.1. The van der Waals surface area contributed by atoms with Crippen molar-refractivity contribution in [1.82, 2.24) is 4.98 Å². The number of pyridine rings is 1. The molecule has 86 valence electrons. The van der Waals surface area contributed by atoms with Crippen LogP contribution >= 0.6 is 0 Å². The van der Waals surface area contributed by atoms with Crippen molar-refractivity contribution in [1.29, 1.82) is 0 Å². The maximum atomic E-state index is 13.4. The Morgan fingerprint density at radius 1 is 1.62 bits per heavy atom. The van der Waals surface area contributed by atoms with Crippen molar-refractivity contribution in [2.75, 3.05) is 18.1 Å². The molecule has 0 unspecified atom stereocenters. The van der Waals surface area contributed by atoms with Gasteiger partial charge in [0, 0.05) is 12.6 Å². The molecule has 3 heterocycles. The molecule has 1 saturated heterocycles. The van der Waals surface area contributed by atoms with Crippen LogP contribution in [0.1, 0.15) is 18.9 Å². The van der Waals surface area contributed by atoms with E-state index in [0.717, 1.165) is 23.6 Å². The first-order chi connectivity index (χ1) is 7.79. The largest absolute Gasteiger partial charge is 0.487 e. The third-order valence-electron chi connectivity index (χ3n) is 3.40. The van der Waals surface area contributed by atoms with E-state index in [1.54, 1.807) is 6.20 Å². The molecule has 16 heavy (non-hydrogen) atoms. The Kier molecular flexibility index (Phi) is 2.23. The summed E-state index contributed by atoms with van der Waals surface area (Å²) in [7, 11) is 0. The van der Waals surface area contributed by atoms with Gasteiger partial charge in [-0.05, 0) is 18.1 Å². The van der Waals surface area contributed by atoms with Gasteiger partial charge in [0.2, 0.25) is 0 Å². The van der Waals surface area contributed by atoms with Crippen LogP contribution in [0.2, 0.25) is 0 Å². The lowest BCUT2D eigenvalue weighted by Gasteiger charge is -2.32. The van der Waals surface area contributed by atoms with Gasteiger partial charge in [0.25, 0.3) is 0 Å². The third kappa shape index (κ3) is 1.36. The lowest BCUT2D eigenvalue weighted by molar-refractivity contribution is 0.259. The number of aryl methyl sites for hydroxylation is 1. The Hall–Kier alpha value is -1.32. The van der Waals surface area contributed by atoms with Crippen LogP contribution in [0.25, 0.3) is 0 Å². The monoisotopic (exact) mass is 222 g/mol. The average Bonchev–Trinajstić information content (AvgIpc) is 2.69.